The molecule has 142 valence electrons. The summed E-state index contributed by atoms with van der Waals surface area (Å²) in [6.45, 7) is 0.486. The molecule has 25 heavy (non-hydrogen) atoms. The van der Waals surface area contributed by atoms with Crippen LogP contribution in [0.25, 0.3) is 0 Å². The molecule has 2 atom stereocenters. The lowest BCUT2D eigenvalue weighted by Crippen LogP contribution is -2.55. The lowest BCUT2D eigenvalue weighted by Gasteiger charge is -2.49. The summed E-state index contributed by atoms with van der Waals surface area (Å²) in [5.41, 5.74) is 5.81. The lowest BCUT2D eigenvalue weighted by atomic mass is 9.63. The fourth-order valence-corrected chi connectivity index (χ4v) is 4.48. The van der Waals surface area contributed by atoms with Crippen LogP contribution in [0.1, 0.15) is 25.7 Å². The highest BCUT2D eigenvalue weighted by atomic mass is 35.5. The van der Waals surface area contributed by atoms with Gasteiger partial charge in [0.15, 0.2) is 0 Å². The SMILES string of the molecule is CN(C1CC(CN)(CC/C=N\C2NC=C(Cl)C2C(=N)Cl)C1)S(N)(=O)=O. The topological polar surface area (TPSA) is 138 Å². The summed E-state index contributed by atoms with van der Waals surface area (Å²) in [6, 6.07) is -0.101. The van der Waals surface area contributed by atoms with E-state index in [-0.39, 0.29) is 22.8 Å². The van der Waals surface area contributed by atoms with Gasteiger partial charge in [0.25, 0.3) is 10.2 Å². The largest absolute Gasteiger partial charge is 0.368 e. The number of nitrogens with two attached hydrogens (primary N) is 2. The Kier molecular flexibility index (Phi) is 6.50. The van der Waals surface area contributed by atoms with Crippen molar-refractivity contribution in [2.75, 3.05) is 13.6 Å². The quantitative estimate of drug-likeness (QED) is 0.441. The molecule has 0 radical (unpaired) electrons. The van der Waals surface area contributed by atoms with E-state index >= 15 is 0 Å². The summed E-state index contributed by atoms with van der Waals surface area (Å²) in [7, 11) is -2.18. The van der Waals surface area contributed by atoms with Gasteiger partial charge in [0, 0.05) is 30.5 Å². The van der Waals surface area contributed by atoms with Gasteiger partial charge in [0.2, 0.25) is 0 Å². The number of hydrogen-bond donors (Lipinski definition) is 4. The Morgan fingerprint density at radius 2 is 2.24 bits per heavy atom. The molecule has 0 saturated heterocycles. The minimum atomic E-state index is -3.67. The first-order valence-corrected chi connectivity index (χ1v) is 10.2. The highest BCUT2D eigenvalue weighted by Crippen LogP contribution is 2.46. The number of nitrogens with one attached hydrogen (secondary N) is 2. The van der Waals surface area contributed by atoms with Crippen LogP contribution in [0.2, 0.25) is 0 Å². The summed E-state index contributed by atoms with van der Waals surface area (Å²) < 4.78 is 24.0. The summed E-state index contributed by atoms with van der Waals surface area (Å²) in [5, 5.41) is 16.1. The van der Waals surface area contributed by atoms with Gasteiger partial charge in [-0.3, -0.25) is 10.4 Å². The van der Waals surface area contributed by atoms with E-state index in [1.807, 2.05) is 0 Å². The molecule has 2 unspecified atom stereocenters. The third-order valence-electron chi connectivity index (χ3n) is 5.03. The number of rotatable bonds is 8. The Morgan fingerprint density at radius 3 is 2.76 bits per heavy atom. The smallest absolute Gasteiger partial charge is 0.276 e. The zero-order valence-corrected chi connectivity index (χ0v) is 16.3. The zero-order valence-electron chi connectivity index (χ0n) is 14.0. The Morgan fingerprint density at radius 1 is 1.60 bits per heavy atom. The van der Waals surface area contributed by atoms with Crippen LogP contribution in [0.3, 0.4) is 0 Å². The van der Waals surface area contributed by atoms with E-state index in [9.17, 15) is 8.42 Å². The Bertz CT molecular complexity index is 675. The molecule has 2 aliphatic rings. The van der Waals surface area contributed by atoms with Crippen molar-refractivity contribution in [3.8, 4) is 0 Å². The van der Waals surface area contributed by atoms with Gasteiger partial charge in [-0.15, -0.1) is 0 Å². The van der Waals surface area contributed by atoms with Gasteiger partial charge in [-0.05, 0) is 37.6 Å². The third kappa shape index (κ3) is 4.72. The normalized spacial score (nSPS) is 32.6. The van der Waals surface area contributed by atoms with E-state index in [1.54, 1.807) is 12.4 Å². The van der Waals surface area contributed by atoms with E-state index in [1.165, 1.54) is 11.4 Å². The molecule has 1 aliphatic heterocycles. The number of nitrogens with zero attached hydrogens (tertiary/aromatic N) is 2. The molecule has 1 aliphatic carbocycles. The third-order valence-corrected chi connectivity index (χ3v) is 6.71. The molecule has 6 N–H and O–H groups in total. The maximum atomic E-state index is 11.4. The van der Waals surface area contributed by atoms with Crippen LogP contribution in [-0.2, 0) is 10.2 Å². The van der Waals surface area contributed by atoms with Crippen LogP contribution in [-0.4, -0.2) is 49.9 Å². The van der Waals surface area contributed by atoms with Gasteiger partial charge in [0.05, 0.1) is 5.92 Å². The van der Waals surface area contributed by atoms with E-state index in [2.05, 4.69) is 10.3 Å². The minimum Gasteiger partial charge on any atom is -0.368 e. The first-order valence-electron chi connectivity index (χ1n) is 7.93. The molecule has 1 saturated carbocycles. The first-order chi connectivity index (χ1) is 11.6. The highest BCUT2D eigenvalue weighted by Gasteiger charge is 2.46. The molecule has 0 aromatic rings. The molecule has 1 heterocycles. The van der Waals surface area contributed by atoms with Crippen molar-refractivity contribution < 1.29 is 8.42 Å². The van der Waals surface area contributed by atoms with Gasteiger partial charge in [0.1, 0.15) is 11.3 Å². The second-order valence-electron chi connectivity index (χ2n) is 6.66. The van der Waals surface area contributed by atoms with E-state index in [0.717, 1.165) is 6.42 Å². The molecule has 2 rings (SSSR count). The molecular formula is C14H24Cl2N6O2S. The molecule has 11 heteroatoms. The maximum Gasteiger partial charge on any atom is 0.276 e. The number of hydrogen-bond acceptors (Lipinski definition) is 6. The van der Waals surface area contributed by atoms with E-state index < -0.39 is 16.1 Å². The Hall–Kier alpha value is -0.710. The average Bonchev–Trinajstić information content (AvgIpc) is 2.85. The summed E-state index contributed by atoms with van der Waals surface area (Å²) >= 11 is 11.8. The van der Waals surface area contributed by atoms with Gasteiger partial charge in [-0.1, -0.05) is 23.2 Å². The summed E-state index contributed by atoms with van der Waals surface area (Å²) in [4.78, 5) is 4.40. The maximum absolute atomic E-state index is 11.4. The van der Waals surface area contributed by atoms with E-state index in [4.69, 9.17) is 39.5 Å². The van der Waals surface area contributed by atoms with Crippen molar-refractivity contribution in [3.63, 3.8) is 0 Å². The van der Waals surface area contributed by atoms with Crippen LogP contribution < -0.4 is 16.2 Å². The van der Waals surface area contributed by atoms with Crippen LogP contribution in [0, 0.1) is 16.7 Å². The lowest BCUT2D eigenvalue weighted by molar-refractivity contribution is 0.0505. The Labute approximate surface area is 158 Å². The molecule has 0 spiro atoms. The fraction of sp³-hybridized carbons (Fsp3) is 0.714. The second kappa shape index (κ2) is 7.89. The van der Waals surface area contributed by atoms with Crippen molar-refractivity contribution in [1.29, 1.82) is 5.41 Å². The van der Waals surface area contributed by atoms with Crippen LogP contribution in [0.15, 0.2) is 16.2 Å². The van der Waals surface area contributed by atoms with Crippen molar-refractivity contribution in [3.05, 3.63) is 11.2 Å². The molecule has 8 nitrogen and oxygen atoms in total. The summed E-state index contributed by atoms with van der Waals surface area (Å²) in [6.07, 6.45) is 5.89. The zero-order chi connectivity index (χ0) is 18.8. The van der Waals surface area contributed by atoms with Crippen molar-refractivity contribution >= 4 is 44.8 Å². The standard InChI is InChI=1S/C14H24Cl2N6O2S/c1-22(25(19,23)24)9-5-14(6-9,8-17)3-2-4-20-13-11(12(16)18)10(15)7-21-13/h4,7,9,11,13,18,21H,2-3,5-6,8,17H2,1H3,(H2,19,23,24)/b18-12?,20-4-. The molecular weight excluding hydrogens is 387 g/mol. The van der Waals surface area contributed by atoms with Gasteiger partial charge >= 0.3 is 0 Å². The van der Waals surface area contributed by atoms with Gasteiger partial charge in [-0.2, -0.15) is 12.7 Å². The van der Waals surface area contributed by atoms with Crippen molar-refractivity contribution in [2.45, 2.75) is 37.9 Å². The molecule has 0 aromatic heterocycles. The molecule has 1 fully saturated rings. The van der Waals surface area contributed by atoms with Crippen LogP contribution >= 0.6 is 23.2 Å². The van der Waals surface area contributed by atoms with Crippen LogP contribution in [0.4, 0.5) is 0 Å². The van der Waals surface area contributed by atoms with Gasteiger partial charge < -0.3 is 11.1 Å². The highest BCUT2D eigenvalue weighted by molar-refractivity contribution is 7.86. The molecule has 0 bridgehead atoms. The molecule has 0 aromatic carbocycles. The predicted molar refractivity (Wildman–Crippen MR) is 101 cm³/mol. The predicted octanol–water partition coefficient (Wildman–Crippen LogP) is 0.922. The average molecular weight is 411 g/mol. The second-order valence-corrected chi connectivity index (χ2v) is 9.11. The van der Waals surface area contributed by atoms with Crippen molar-refractivity contribution in [1.82, 2.24) is 9.62 Å². The van der Waals surface area contributed by atoms with Gasteiger partial charge in [-0.25, -0.2) is 5.14 Å². The fourth-order valence-electron chi connectivity index (χ4n) is 3.33. The number of aliphatic imine (C=N–C) groups is 1. The van der Waals surface area contributed by atoms with Crippen LogP contribution in [0.5, 0.6) is 0 Å². The summed E-state index contributed by atoms with van der Waals surface area (Å²) in [5.74, 6) is -0.445. The monoisotopic (exact) mass is 410 g/mol. The minimum absolute atomic E-state index is 0.0558. The Balaban J connectivity index is 1.84. The van der Waals surface area contributed by atoms with Crippen molar-refractivity contribution in [2.24, 2.45) is 27.2 Å². The first kappa shape index (κ1) is 20.6. The molecule has 0 amide bonds. The number of halogens is 2. The van der Waals surface area contributed by atoms with E-state index in [0.29, 0.717) is 30.8 Å².